The molecule has 21 aromatic carbocycles. The molecule has 0 bridgehead atoms. The molecule has 0 aliphatic rings. The molecular formula is C123H78N6O3. The number of hydrogen-bond acceptors (Lipinski definition) is 9. The van der Waals surface area contributed by atoms with E-state index in [9.17, 15) is 0 Å². The zero-order valence-electron chi connectivity index (χ0n) is 72.2. The quantitative estimate of drug-likeness (QED) is 0.130. The number of rotatable bonds is 9. The number of benzene rings is 21. The summed E-state index contributed by atoms with van der Waals surface area (Å²) in [5, 5.41) is 20.8. The number of fused-ring (bicyclic) bond motifs is 27. The van der Waals surface area contributed by atoms with E-state index in [1.807, 2.05) is 0 Å². The van der Waals surface area contributed by atoms with Crippen LogP contribution in [0, 0.1) is 20.8 Å². The molecule has 0 amide bonds. The second kappa shape index (κ2) is 31.6. The number of nitrogens with zero attached hydrogens (tertiary/aromatic N) is 6. The maximum Gasteiger partial charge on any atom is 0.143 e. The molecule has 9 nitrogen and oxygen atoms in total. The van der Waals surface area contributed by atoms with Crippen molar-refractivity contribution in [2.45, 2.75) is 20.8 Å². The van der Waals surface area contributed by atoms with Crippen LogP contribution in [0.2, 0.25) is 0 Å². The Hall–Kier alpha value is -17.4. The Morgan fingerprint density at radius 3 is 0.826 bits per heavy atom. The average molecular weight is 1690 g/mol. The van der Waals surface area contributed by atoms with Gasteiger partial charge in [0.1, 0.15) is 33.5 Å². The van der Waals surface area contributed by atoms with E-state index in [4.69, 9.17) is 23.2 Å². The summed E-state index contributed by atoms with van der Waals surface area (Å²) >= 11 is 0. The molecule has 27 rings (SSSR count). The molecule has 0 N–H and O–H groups in total. The Morgan fingerprint density at radius 2 is 0.424 bits per heavy atom. The van der Waals surface area contributed by atoms with E-state index >= 15 is 0 Å². The van der Waals surface area contributed by atoms with E-state index in [1.165, 1.54) is 104 Å². The predicted molar refractivity (Wildman–Crippen MR) is 549 cm³/mol. The molecule has 0 spiro atoms. The molecule has 0 saturated heterocycles. The third-order valence-electron chi connectivity index (χ3n) is 26.5. The summed E-state index contributed by atoms with van der Waals surface area (Å²) in [6.45, 7) is 6.35. The molecule has 27 aromatic rings. The van der Waals surface area contributed by atoms with Crippen molar-refractivity contribution in [2.24, 2.45) is 0 Å². The minimum atomic E-state index is 0.893. The summed E-state index contributed by atoms with van der Waals surface area (Å²) in [6.07, 6.45) is 10.6. The van der Waals surface area contributed by atoms with Gasteiger partial charge >= 0.3 is 0 Å². The summed E-state index contributed by atoms with van der Waals surface area (Å²) in [5.41, 5.74) is 35.7. The Labute approximate surface area is 758 Å². The Kier molecular flexibility index (Phi) is 18.4. The van der Waals surface area contributed by atoms with Crippen LogP contribution in [0.3, 0.4) is 0 Å². The van der Waals surface area contributed by atoms with Gasteiger partial charge in [-0.3, -0.25) is 29.9 Å². The lowest BCUT2D eigenvalue weighted by Crippen LogP contribution is -1.89. The summed E-state index contributed by atoms with van der Waals surface area (Å²) in [5.74, 6) is 0. The molecule has 0 saturated carbocycles. The van der Waals surface area contributed by atoms with Crippen LogP contribution in [0.15, 0.2) is 433 Å². The standard InChI is InChI=1S/C52H32N2O.C36H24N2O.C35H22N2O/c1-4-12-33(13-5-1)39-29-44(36-14-6-2-7-15-36)51-47(31-39)48-32-40(30-45(52(48)55-51)37-16-8-3-9-17-37)35-22-20-34(21-23-35)38-24-25-43-46(28-38)41-18-10-11-19-42(41)49-50(43)54-27-26-53-49;1-21-6-5-9-30-32-20-26(18-22(2)36(32)39-35(21)30)24-12-10-23(11-13-24)25-14-15-29-31(19-25)27-7-3-4-8-28(27)33-34(29)38-17-16-37-33;1-21-6-14-32-30(18-21)31-20-25(12-15-33(31)38-32)23-9-7-22(8-10-23)24-11-13-28-29(19-24)26-4-2-3-5-27(26)34-35(28)37-17-16-36-34/h1-32H;3-20H,1-2H3;2-20H,1H3. The first kappa shape index (κ1) is 77.0. The highest BCUT2D eigenvalue weighted by Crippen LogP contribution is 2.48. The Morgan fingerprint density at radius 1 is 0.152 bits per heavy atom. The molecule has 0 unspecified atom stereocenters. The van der Waals surface area contributed by atoms with E-state index in [0.29, 0.717) is 0 Å². The largest absolute Gasteiger partial charge is 0.456 e. The van der Waals surface area contributed by atoms with E-state index in [0.717, 1.165) is 176 Å². The van der Waals surface area contributed by atoms with Crippen molar-refractivity contribution in [3.8, 4) is 100 Å². The van der Waals surface area contributed by atoms with Crippen LogP contribution < -0.4 is 0 Å². The summed E-state index contributed by atoms with van der Waals surface area (Å²) in [4.78, 5) is 28.1. The molecule has 0 radical (unpaired) electrons. The van der Waals surface area contributed by atoms with Crippen molar-refractivity contribution in [1.29, 1.82) is 0 Å². The van der Waals surface area contributed by atoms with Gasteiger partial charge in [0.05, 0.1) is 33.1 Å². The average Bonchev–Trinajstić information content (AvgIpc) is 1.69. The van der Waals surface area contributed by atoms with Crippen LogP contribution in [0.1, 0.15) is 16.7 Å². The molecule has 9 heteroatoms. The third-order valence-corrected chi connectivity index (χ3v) is 26.5. The second-order valence-electron chi connectivity index (χ2n) is 34.4. The van der Waals surface area contributed by atoms with E-state index in [1.54, 1.807) is 37.2 Å². The van der Waals surface area contributed by atoms with Gasteiger partial charge in [0.25, 0.3) is 0 Å². The van der Waals surface area contributed by atoms with Crippen molar-refractivity contribution in [3.63, 3.8) is 0 Å². The summed E-state index contributed by atoms with van der Waals surface area (Å²) < 4.78 is 19.3. The first-order valence-corrected chi connectivity index (χ1v) is 44.7. The van der Waals surface area contributed by atoms with Crippen molar-refractivity contribution >= 4 is 164 Å². The topological polar surface area (TPSA) is 117 Å². The first-order valence-electron chi connectivity index (χ1n) is 44.7. The van der Waals surface area contributed by atoms with Gasteiger partial charge in [0.2, 0.25) is 0 Å². The lowest BCUT2D eigenvalue weighted by molar-refractivity contribution is 0.662. The number of hydrogen-bond donors (Lipinski definition) is 0. The molecule has 132 heavy (non-hydrogen) atoms. The fourth-order valence-corrected chi connectivity index (χ4v) is 20.1. The molecule has 6 heterocycles. The third kappa shape index (κ3) is 13.2. The summed E-state index contributed by atoms with van der Waals surface area (Å²) in [7, 11) is 0. The lowest BCUT2D eigenvalue weighted by atomic mass is 9.92. The number of furan rings is 3. The van der Waals surface area contributed by atoms with E-state index in [2.05, 4.69) is 423 Å². The van der Waals surface area contributed by atoms with E-state index < -0.39 is 0 Å². The lowest BCUT2D eigenvalue weighted by Gasteiger charge is -2.12. The second-order valence-corrected chi connectivity index (χ2v) is 34.4. The van der Waals surface area contributed by atoms with Crippen LogP contribution in [0.25, 0.3) is 264 Å². The monoisotopic (exact) mass is 1690 g/mol. The van der Waals surface area contributed by atoms with Crippen molar-refractivity contribution in [2.75, 3.05) is 0 Å². The smallest absolute Gasteiger partial charge is 0.143 e. The normalized spacial score (nSPS) is 11.8. The maximum absolute atomic E-state index is 6.97. The fourth-order valence-electron chi connectivity index (χ4n) is 20.1. The highest BCUT2D eigenvalue weighted by Gasteiger charge is 2.23. The van der Waals surface area contributed by atoms with Crippen LogP contribution in [-0.4, -0.2) is 29.9 Å². The Bertz CT molecular complexity index is 9250. The fraction of sp³-hybridized carbons (Fsp3) is 0.0244. The maximum atomic E-state index is 6.97. The zero-order valence-corrected chi connectivity index (χ0v) is 72.2. The molecule has 0 aliphatic heterocycles. The minimum Gasteiger partial charge on any atom is -0.456 e. The molecule has 618 valence electrons. The van der Waals surface area contributed by atoms with Gasteiger partial charge in [-0.2, -0.15) is 0 Å². The van der Waals surface area contributed by atoms with Gasteiger partial charge in [0, 0.05) is 113 Å². The SMILES string of the molecule is Cc1ccc2oc3ccc(-c4ccc(-c5ccc6c(c5)c5ccccc5c5nccnc65)cc4)cc3c2c1.Cc1cccc2c1oc1c(C)cc(-c3ccc(-c4ccc5c(c4)c4ccccc4c4nccnc54)cc3)cc12.c1ccc(-c2cc(-c3ccccc3)c3oc4c(-c5ccccc5)cc(-c5ccc(-c6ccc7c(c6)c6ccccc6c6nccnc76)cc5)cc4c3c2)cc1. The van der Waals surface area contributed by atoms with Crippen LogP contribution in [0.4, 0.5) is 0 Å². The number of para-hydroxylation sites is 1. The predicted octanol–water partition coefficient (Wildman–Crippen LogP) is 33.4. The van der Waals surface area contributed by atoms with E-state index in [-0.39, 0.29) is 0 Å². The van der Waals surface area contributed by atoms with Crippen molar-refractivity contribution in [3.05, 3.63) is 436 Å². The Balaban J connectivity index is 0.000000109. The van der Waals surface area contributed by atoms with Crippen LogP contribution >= 0.6 is 0 Å². The van der Waals surface area contributed by atoms with Gasteiger partial charge in [-0.1, -0.05) is 309 Å². The highest BCUT2D eigenvalue weighted by molar-refractivity contribution is 6.27. The highest BCUT2D eigenvalue weighted by atomic mass is 16.3. The van der Waals surface area contributed by atoms with Crippen LogP contribution in [0.5, 0.6) is 0 Å². The van der Waals surface area contributed by atoms with Crippen LogP contribution in [-0.2, 0) is 0 Å². The van der Waals surface area contributed by atoms with Gasteiger partial charge < -0.3 is 13.3 Å². The van der Waals surface area contributed by atoms with Gasteiger partial charge in [-0.15, -0.1) is 0 Å². The molecular weight excluding hydrogens is 1610 g/mol. The number of aromatic nitrogens is 6. The van der Waals surface area contributed by atoms with Gasteiger partial charge in [-0.25, -0.2) is 0 Å². The summed E-state index contributed by atoms with van der Waals surface area (Å²) in [6, 6.07) is 137. The number of aryl methyl sites for hydroxylation is 3. The van der Waals surface area contributed by atoms with Crippen molar-refractivity contribution in [1.82, 2.24) is 29.9 Å². The van der Waals surface area contributed by atoms with Gasteiger partial charge in [-0.05, 0) is 232 Å². The molecule has 0 aliphatic carbocycles. The molecule has 0 fully saturated rings. The van der Waals surface area contributed by atoms with Crippen molar-refractivity contribution < 1.29 is 13.3 Å². The minimum absolute atomic E-state index is 0.893. The zero-order chi connectivity index (χ0) is 87.6. The first-order chi connectivity index (χ1) is 65.1. The molecule has 0 atom stereocenters. The van der Waals surface area contributed by atoms with Gasteiger partial charge in [0.15, 0.2) is 0 Å². The molecule has 6 aromatic heterocycles.